The molecule has 2 aromatic rings. The Bertz CT molecular complexity index is 735. The van der Waals surface area contributed by atoms with E-state index in [9.17, 15) is 4.57 Å². The SMILES string of the molecule is CCN(CC)P1(=O)C=C(c2ccccc2)SC(c2ccccc2)=C1. The molecule has 2 aromatic carbocycles. The van der Waals surface area contributed by atoms with Crippen LogP contribution in [0.3, 0.4) is 0 Å². The molecule has 1 aliphatic rings. The minimum Gasteiger partial charge on any atom is -0.297 e. The Morgan fingerprint density at radius 3 is 1.58 bits per heavy atom. The first-order valence-electron chi connectivity index (χ1n) is 8.25. The summed E-state index contributed by atoms with van der Waals surface area (Å²) in [6, 6.07) is 20.5. The molecule has 1 aliphatic heterocycles. The highest BCUT2D eigenvalue weighted by molar-refractivity contribution is 8.17. The fraction of sp³-hybridized carbons (Fsp3) is 0.200. The summed E-state index contributed by atoms with van der Waals surface area (Å²) in [4.78, 5) is 2.15. The summed E-state index contributed by atoms with van der Waals surface area (Å²) in [7, 11) is -2.68. The van der Waals surface area contributed by atoms with Crippen LogP contribution in [-0.4, -0.2) is 17.8 Å². The summed E-state index contributed by atoms with van der Waals surface area (Å²) >= 11 is 1.70. The molecule has 3 rings (SSSR count). The summed E-state index contributed by atoms with van der Waals surface area (Å²) < 4.78 is 15.8. The van der Waals surface area contributed by atoms with Crippen molar-refractivity contribution in [1.82, 2.24) is 4.67 Å². The van der Waals surface area contributed by atoms with Gasteiger partial charge in [-0.2, -0.15) is 0 Å². The number of benzene rings is 2. The van der Waals surface area contributed by atoms with Crippen molar-refractivity contribution >= 4 is 28.9 Å². The van der Waals surface area contributed by atoms with Gasteiger partial charge in [-0.05, 0) is 11.1 Å². The van der Waals surface area contributed by atoms with E-state index in [1.165, 1.54) is 0 Å². The van der Waals surface area contributed by atoms with Crippen molar-refractivity contribution in [2.45, 2.75) is 13.8 Å². The van der Waals surface area contributed by atoms with Gasteiger partial charge in [-0.1, -0.05) is 86.3 Å². The predicted molar refractivity (Wildman–Crippen MR) is 107 cm³/mol. The highest BCUT2D eigenvalue weighted by Crippen LogP contribution is 2.62. The number of hydrogen-bond donors (Lipinski definition) is 0. The zero-order chi connectivity index (χ0) is 17.0. The van der Waals surface area contributed by atoms with E-state index in [1.54, 1.807) is 11.8 Å². The standard InChI is InChI=1S/C20H22NOPS/c1-3-21(4-2)23(22)15-19(17-11-7-5-8-12-17)24-20(16-23)18-13-9-6-10-14-18/h5-16H,3-4H2,1-2H3. The second kappa shape index (κ2) is 7.57. The van der Waals surface area contributed by atoms with Crippen LogP contribution in [0.1, 0.15) is 25.0 Å². The molecule has 0 bridgehead atoms. The van der Waals surface area contributed by atoms with E-state index in [0.29, 0.717) is 0 Å². The molecule has 0 aromatic heterocycles. The molecular weight excluding hydrogens is 333 g/mol. The van der Waals surface area contributed by atoms with Gasteiger partial charge < -0.3 is 0 Å². The molecule has 0 atom stereocenters. The Hall–Kier alpha value is -1.54. The largest absolute Gasteiger partial charge is 0.297 e. The number of hydrogen-bond acceptors (Lipinski definition) is 2. The minimum atomic E-state index is -2.68. The topological polar surface area (TPSA) is 20.3 Å². The molecule has 0 N–H and O–H groups in total. The number of thioether (sulfide) groups is 1. The third kappa shape index (κ3) is 3.59. The second-order valence-corrected chi connectivity index (χ2v) is 9.14. The van der Waals surface area contributed by atoms with E-state index < -0.39 is 7.29 Å². The highest BCUT2D eigenvalue weighted by Gasteiger charge is 2.30. The molecule has 24 heavy (non-hydrogen) atoms. The Labute approximate surface area is 148 Å². The quantitative estimate of drug-likeness (QED) is 0.583. The first-order chi connectivity index (χ1) is 11.7. The van der Waals surface area contributed by atoms with Crippen molar-refractivity contribution in [1.29, 1.82) is 0 Å². The molecule has 0 unspecified atom stereocenters. The van der Waals surface area contributed by atoms with Gasteiger partial charge in [0.25, 0.3) is 0 Å². The average molecular weight is 355 g/mol. The molecule has 0 saturated heterocycles. The fourth-order valence-electron chi connectivity index (χ4n) is 2.85. The molecule has 124 valence electrons. The van der Waals surface area contributed by atoms with Gasteiger partial charge in [0.1, 0.15) is 0 Å². The Morgan fingerprint density at radius 2 is 1.21 bits per heavy atom. The van der Waals surface area contributed by atoms with Gasteiger partial charge in [-0.15, -0.1) is 0 Å². The lowest BCUT2D eigenvalue weighted by Crippen LogP contribution is -2.18. The van der Waals surface area contributed by atoms with Crippen LogP contribution in [0.2, 0.25) is 0 Å². The number of rotatable bonds is 5. The van der Waals surface area contributed by atoms with Crippen molar-refractivity contribution < 1.29 is 4.57 Å². The second-order valence-electron chi connectivity index (χ2n) is 5.63. The van der Waals surface area contributed by atoms with Crippen LogP contribution < -0.4 is 0 Å². The highest BCUT2D eigenvalue weighted by atomic mass is 32.2. The van der Waals surface area contributed by atoms with E-state index in [2.05, 4.69) is 42.8 Å². The van der Waals surface area contributed by atoms with Crippen LogP contribution in [-0.2, 0) is 4.57 Å². The minimum absolute atomic E-state index is 0.773. The molecule has 1 heterocycles. The molecule has 0 aliphatic carbocycles. The maximum Gasteiger partial charge on any atom is 0.195 e. The Kier molecular flexibility index (Phi) is 5.45. The van der Waals surface area contributed by atoms with Crippen molar-refractivity contribution in [2.75, 3.05) is 13.1 Å². The van der Waals surface area contributed by atoms with Crippen molar-refractivity contribution in [3.63, 3.8) is 0 Å². The predicted octanol–water partition coefficient (Wildman–Crippen LogP) is 6.35. The Morgan fingerprint density at radius 1 is 0.792 bits per heavy atom. The van der Waals surface area contributed by atoms with Crippen LogP contribution in [0.15, 0.2) is 72.3 Å². The van der Waals surface area contributed by atoms with Crippen LogP contribution in [0, 0.1) is 0 Å². The lowest BCUT2D eigenvalue weighted by molar-refractivity contribution is 0.457. The molecule has 0 fully saturated rings. The van der Waals surface area contributed by atoms with E-state index >= 15 is 0 Å². The summed E-state index contributed by atoms with van der Waals surface area (Å²) in [5, 5.41) is 0. The summed E-state index contributed by atoms with van der Waals surface area (Å²) in [6.07, 6.45) is 0. The van der Waals surface area contributed by atoms with Gasteiger partial charge in [-0.3, -0.25) is 4.57 Å². The van der Waals surface area contributed by atoms with E-state index in [4.69, 9.17) is 0 Å². The van der Waals surface area contributed by atoms with Crippen LogP contribution in [0.25, 0.3) is 9.81 Å². The maximum atomic E-state index is 13.7. The van der Waals surface area contributed by atoms with Gasteiger partial charge in [-0.25, -0.2) is 4.67 Å². The first-order valence-corrected chi connectivity index (χ1v) is 10.9. The van der Waals surface area contributed by atoms with E-state index in [-0.39, 0.29) is 0 Å². The van der Waals surface area contributed by atoms with Gasteiger partial charge >= 0.3 is 0 Å². The van der Waals surface area contributed by atoms with Crippen molar-refractivity contribution in [2.24, 2.45) is 0 Å². The maximum absolute atomic E-state index is 13.7. The lowest BCUT2D eigenvalue weighted by atomic mass is 10.2. The third-order valence-corrected chi connectivity index (χ3v) is 8.32. The normalized spacial score (nSPS) is 16.6. The van der Waals surface area contributed by atoms with Crippen LogP contribution in [0.4, 0.5) is 0 Å². The van der Waals surface area contributed by atoms with E-state index in [0.717, 1.165) is 34.0 Å². The summed E-state index contributed by atoms with van der Waals surface area (Å²) in [6.45, 7) is 5.68. The lowest BCUT2D eigenvalue weighted by Gasteiger charge is -2.29. The smallest absolute Gasteiger partial charge is 0.195 e. The summed E-state index contributed by atoms with van der Waals surface area (Å²) in [5.41, 5.74) is 2.24. The van der Waals surface area contributed by atoms with Gasteiger partial charge in [0.15, 0.2) is 7.29 Å². The van der Waals surface area contributed by atoms with Gasteiger partial charge in [0.2, 0.25) is 0 Å². The Balaban J connectivity index is 2.09. The summed E-state index contributed by atoms with van der Waals surface area (Å²) in [5.74, 6) is 3.96. The molecule has 4 heteroatoms. The van der Waals surface area contributed by atoms with Gasteiger partial charge in [0, 0.05) is 34.5 Å². The van der Waals surface area contributed by atoms with Crippen LogP contribution >= 0.6 is 19.1 Å². The fourth-order valence-corrected chi connectivity index (χ4v) is 7.17. The molecule has 2 nitrogen and oxygen atoms in total. The average Bonchev–Trinajstić information content (AvgIpc) is 2.63. The molecular formula is C20H22NOPS. The number of nitrogens with zero attached hydrogens (tertiary/aromatic N) is 1. The third-order valence-electron chi connectivity index (χ3n) is 4.11. The first kappa shape index (κ1) is 17.3. The van der Waals surface area contributed by atoms with Gasteiger partial charge in [0.05, 0.1) is 0 Å². The zero-order valence-corrected chi connectivity index (χ0v) is 15.8. The molecule has 0 radical (unpaired) electrons. The zero-order valence-electron chi connectivity index (χ0n) is 14.1. The van der Waals surface area contributed by atoms with E-state index in [1.807, 2.05) is 48.0 Å². The van der Waals surface area contributed by atoms with Crippen molar-refractivity contribution in [3.05, 3.63) is 83.4 Å². The van der Waals surface area contributed by atoms with Crippen molar-refractivity contribution in [3.8, 4) is 0 Å². The monoisotopic (exact) mass is 355 g/mol. The molecule has 0 saturated carbocycles. The van der Waals surface area contributed by atoms with Crippen LogP contribution in [0.5, 0.6) is 0 Å². The molecule has 0 spiro atoms. The molecule has 0 amide bonds.